The van der Waals surface area contributed by atoms with Gasteiger partial charge in [0.05, 0.1) is 20.5 Å². The fourth-order valence-electron chi connectivity index (χ4n) is 3.03. The third kappa shape index (κ3) is 18.0. The Morgan fingerprint density at radius 3 is 2.00 bits per heavy atom. The number of esters is 2. The highest BCUT2D eigenvalue weighted by atomic mass is 16.7. The van der Waals surface area contributed by atoms with Crippen molar-refractivity contribution in [2.75, 3.05) is 35.5 Å². The van der Waals surface area contributed by atoms with E-state index in [1.807, 2.05) is 27.7 Å². The van der Waals surface area contributed by atoms with E-state index in [2.05, 4.69) is 4.74 Å². The molecule has 3 atom stereocenters. The van der Waals surface area contributed by atoms with Crippen LogP contribution in [0.25, 0.3) is 0 Å². The van der Waals surface area contributed by atoms with Crippen LogP contribution in [0.2, 0.25) is 0 Å². The Morgan fingerprint density at radius 1 is 1.08 bits per heavy atom. The molecule has 9 nitrogen and oxygen atoms in total. The molecule has 1 saturated heterocycles. The molecule has 1 aliphatic heterocycles. The summed E-state index contributed by atoms with van der Waals surface area (Å²) in [6.07, 6.45) is 5.53. The van der Waals surface area contributed by atoms with E-state index in [0.29, 0.717) is 25.7 Å². The van der Waals surface area contributed by atoms with Gasteiger partial charge in [0, 0.05) is 59.4 Å². The first-order valence-electron chi connectivity index (χ1n) is 11.9. The van der Waals surface area contributed by atoms with Gasteiger partial charge in [0.25, 0.3) is 0 Å². The molecule has 9 heteroatoms. The lowest BCUT2D eigenvalue weighted by Crippen LogP contribution is -2.44. The molecule has 0 aromatic carbocycles. The monoisotopic (exact) mass is 536 g/mol. The maximum Gasteiger partial charge on any atom is 0.308 e. The van der Waals surface area contributed by atoms with E-state index in [1.54, 1.807) is 48.5 Å². The number of carbonyl (C=O) groups excluding carboxylic acids is 3. The smallest absolute Gasteiger partial charge is 0.308 e. The van der Waals surface area contributed by atoms with Crippen molar-refractivity contribution in [1.82, 2.24) is 0 Å². The first-order valence-corrected chi connectivity index (χ1v) is 11.9. The van der Waals surface area contributed by atoms with Crippen molar-refractivity contribution in [1.29, 1.82) is 0 Å². The van der Waals surface area contributed by atoms with Crippen LogP contribution < -0.4 is 0 Å². The molecule has 3 unspecified atom stereocenters. The van der Waals surface area contributed by atoms with Gasteiger partial charge in [-0.2, -0.15) is 0 Å². The van der Waals surface area contributed by atoms with Crippen LogP contribution in [0.1, 0.15) is 94.9 Å². The maximum atomic E-state index is 10.9. The molecule has 37 heavy (non-hydrogen) atoms. The number of Topliss-reactive ketones (excluding diaryl/α,β-unsaturated/α-hetero) is 1. The normalized spacial score (nSPS) is 19.7. The largest absolute Gasteiger partial charge is 0.504 e. The van der Waals surface area contributed by atoms with E-state index >= 15 is 0 Å². The molecular formula is C28H56O9. The molecule has 0 amide bonds. The minimum atomic E-state index is -0.699. The summed E-state index contributed by atoms with van der Waals surface area (Å²) in [5.74, 6) is -1.05. The van der Waals surface area contributed by atoms with Gasteiger partial charge in [0.1, 0.15) is 5.78 Å². The van der Waals surface area contributed by atoms with Gasteiger partial charge < -0.3 is 33.2 Å². The predicted octanol–water partition coefficient (Wildman–Crippen LogP) is 6.08. The first-order chi connectivity index (χ1) is 16.2. The highest BCUT2D eigenvalue weighted by Gasteiger charge is 2.39. The van der Waals surface area contributed by atoms with Crippen LogP contribution in [0.3, 0.4) is 0 Å². The van der Waals surface area contributed by atoms with Gasteiger partial charge in [-0.25, -0.2) is 0 Å². The number of ether oxygens (including phenoxy) is 6. The fraction of sp³-hybridized carbons (Fsp3) is 0.821. The molecule has 0 aliphatic carbocycles. The Labute approximate surface area is 226 Å². The molecule has 0 spiro atoms. The van der Waals surface area contributed by atoms with Crippen molar-refractivity contribution < 1.29 is 42.8 Å². The van der Waals surface area contributed by atoms with Gasteiger partial charge >= 0.3 is 11.9 Å². The predicted molar refractivity (Wildman–Crippen MR) is 147 cm³/mol. The molecule has 0 N–H and O–H groups in total. The van der Waals surface area contributed by atoms with E-state index in [-0.39, 0.29) is 44.4 Å². The molecule has 222 valence electrons. The minimum Gasteiger partial charge on any atom is -0.504 e. The third-order valence-corrected chi connectivity index (χ3v) is 6.30. The summed E-state index contributed by atoms with van der Waals surface area (Å²) in [5.41, 5.74) is 1.11. The quantitative estimate of drug-likeness (QED) is 0.176. The molecule has 0 radical (unpaired) electrons. The van der Waals surface area contributed by atoms with Crippen LogP contribution in [0.15, 0.2) is 11.8 Å². The summed E-state index contributed by atoms with van der Waals surface area (Å²) in [7, 11) is 7.75. The van der Waals surface area contributed by atoms with E-state index in [1.165, 1.54) is 7.11 Å². The molecule has 0 aromatic heterocycles. The average molecular weight is 537 g/mol. The van der Waals surface area contributed by atoms with Gasteiger partial charge in [-0.15, -0.1) is 0 Å². The standard InChI is InChI=1S/C10H20O4.C8H14O3.C8H14O2.2CH4/c1-8(6-7-9(11)12-3)10(2,13-4)14-5;1-6-4-5-7(9)11-8(6,2)10-3;1-7(6-10-3)4-5-8(2)9;;/h8H,6-7H2,1-5H3;6H,4-5H2,1-3H3;6H,4-5H2,1-3H3;2*1H4/b;;7-6+;;. The summed E-state index contributed by atoms with van der Waals surface area (Å²) in [6.45, 7) is 11.2. The summed E-state index contributed by atoms with van der Waals surface area (Å²) in [5, 5.41) is 0. The van der Waals surface area contributed by atoms with E-state index in [4.69, 9.17) is 23.7 Å². The molecule has 0 bridgehead atoms. The number of carbonyl (C=O) groups is 3. The summed E-state index contributed by atoms with van der Waals surface area (Å²) in [4.78, 5) is 32.3. The van der Waals surface area contributed by atoms with Gasteiger partial charge in [0.15, 0.2) is 5.79 Å². The van der Waals surface area contributed by atoms with E-state index in [0.717, 1.165) is 18.4 Å². The SMILES string of the molecule is C.C.CO/C=C(\C)CCC(C)=O.COC(=O)CCC(C)C(C)(OC)OC.COC1(C)OC(=O)CCC1C. The Bertz CT molecular complexity index is 656. The summed E-state index contributed by atoms with van der Waals surface area (Å²) >= 11 is 0. The maximum absolute atomic E-state index is 10.9. The second-order valence-corrected chi connectivity index (χ2v) is 8.98. The number of hydrogen-bond donors (Lipinski definition) is 0. The van der Waals surface area contributed by atoms with Gasteiger partial charge in [-0.3, -0.25) is 9.59 Å². The lowest BCUT2D eigenvalue weighted by Gasteiger charge is -2.37. The topological polar surface area (TPSA) is 107 Å². The summed E-state index contributed by atoms with van der Waals surface area (Å²) < 4.78 is 30.0. The Morgan fingerprint density at radius 2 is 1.62 bits per heavy atom. The van der Waals surface area contributed by atoms with Crippen molar-refractivity contribution >= 4 is 17.7 Å². The van der Waals surface area contributed by atoms with Crippen molar-refractivity contribution in [2.24, 2.45) is 11.8 Å². The molecule has 1 rings (SSSR count). The Kier molecular flexibility index (Phi) is 25.1. The molecule has 0 saturated carbocycles. The van der Waals surface area contributed by atoms with Crippen LogP contribution in [0.4, 0.5) is 0 Å². The second-order valence-electron chi connectivity index (χ2n) is 8.98. The zero-order chi connectivity index (χ0) is 27.7. The molecule has 0 aromatic rings. The van der Waals surface area contributed by atoms with Gasteiger partial charge in [-0.05, 0) is 45.6 Å². The molecule has 1 aliphatic rings. The Balaban J connectivity index is -0.000000218. The van der Waals surface area contributed by atoms with Crippen molar-refractivity contribution in [3.05, 3.63) is 11.8 Å². The van der Waals surface area contributed by atoms with Crippen LogP contribution >= 0.6 is 0 Å². The molecule has 1 heterocycles. The summed E-state index contributed by atoms with van der Waals surface area (Å²) in [6, 6.07) is 0. The lowest BCUT2D eigenvalue weighted by molar-refractivity contribution is -0.246. The first kappa shape index (κ1) is 42.1. The number of ketones is 1. The minimum absolute atomic E-state index is 0. The average Bonchev–Trinajstić information content (AvgIpc) is 2.83. The zero-order valence-electron chi connectivity index (χ0n) is 23.6. The fourth-order valence-corrected chi connectivity index (χ4v) is 3.03. The van der Waals surface area contributed by atoms with E-state index in [9.17, 15) is 14.4 Å². The molecular weight excluding hydrogens is 480 g/mol. The van der Waals surface area contributed by atoms with Crippen LogP contribution in [0, 0.1) is 11.8 Å². The number of rotatable bonds is 11. The second kappa shape index (κ2) is 22.1. The Hall–Kier alpha value is -1.97. The highest BCUT2D eigenvalue weighted by molar-refractivity contribution is 5.75. The zero-order valence-corrected chi connectivity index (χ0v) is 23.6. The third-order valence-electron chi connectivity index (χ3n) is 6.30. The van der Waals surface area contributed by atoms with Gasteiger partial charge in [0.2, 0.25) is 5.79 Å². The van der Waals surface area contributed by atoms with Crippen LogP contribution in [-0.2, 0) is 42.8 Å². The number of hydrogen-bond acceptors (Lipinski definition) is 9. The van der Waals surface area contributed by atoms with E-state index < -0.39 is 11.6 Å². The van der Waals surface area contributed by atoms with Crippen LogP contribution in [-0.4, -0.2) is 64.8 Å². The molecule has 1 fully saturated rings. The highest BCUT2D eigenvalue weighted by Crippen LogP contribution is 2.31. The number of allylic oxidation sites excluding steroid dienone is 1. The van der Waals surface area contributed by atoms with Crippen LogP contribution in [0.5, 0.6) is 0 Å². The number of cyclic esters (lactones) is 1. The lowest BCUT2D eigenvalue weighted by atomic mass is 9.94. The van der Waals surface area contributed by atoms with Crippen molar-refractivity contribution in [3.63, 3.8) is 0 Å². The number of methoxy groups -OCH3 is 5. The van der Waals surface area contributed by atoms with Crippen molar-refractivity contribution in [3.8, 4) is 0 Å². The van der Waals surface area contributed by atoms with Gasteiger partial charge in [-0.1, -0.05) is 28.7 Å². The van der Waals surface area contributed by atoms with Crippen molar-refractivity contribution in [2.45, 2.75) is 106 Å².